The molecule has 1 unspecified atom stereocenters. The van der Waals surface area contributed by atoms with Gasteiger partial charge in [-0.25, -0.2) is 4.79 Å². The van der Waals surface area contributed by atoms with Gasteiger partial charge in [0.15, 0.2) is 0 Å². The zero-order valence-corrected chi connectivity index (χ0v) is 8.60. The van der Waals surface area contributed by atoms with Crippen molar-refractivity contribution >= 4 is 23.8 Å². The third kappa shape index (κ3) is 4.36. The number of carbonyl (C=O) groups is 2. The lowest BCUT2D eigenvalue weighted by Gasteiger charge is -2.22. The molecule has 2 amide bonds. The van der Waals surface area contributed by atoms with Gasteiger partial charge in [-0.1, -0.05) is 0 Å². The zero-order valence-electron chi connectivity index (χ0n) is 7.78. The first-order valence-corrected chi connectivity index (χ1v) is 5.68. The molecule has 1 fully saturated rings. The summed E-state index contributed by atoms with van der Waals surface area (Å²) in [6.45, 7) is -0.328. The van der Waals surface area contributed by atoms with Crippen molar-refractivity contribution in [1.82, 2.24) is 10.6 Å². The predicted octanol–water partition coefficient (Wildman–Crippen LogP) is 0.266. The second-order valence-corrected chi connectivity index (χ2v) is 4.28. The molecule has 0 saturated carbocycles. The first-order valence-electron chi connectivity index (χ1n) is 4.52. The molecule has 1 rings (SSSR count). The molecule has 0 radical (unpaired) electrons. The van der Waals surface area contributed by atoms with Gasteiger partial charge in [-0.3, -0.25) is 4.79 Å². The maximum atomic E-state index is 11.1. The molecule has 1 aliphatic heterocycles. The van der Waals surface area contributed by atoms with Gasteiger partial charge < -0.3 is 15.7 Å². The standard InChI is InChI=1S/C8H14N2O3S/c11-7(12)4-9-8(13)10-6-2-1-3-14-5-6/h6H,1-5H2,(H,11,12)(H2,9,10,13). The Morgan fingerprint density at radius 1 is 1.50 bits per heavy atom. The topological polar surface area (TPSA) is 78.4 Å². The van der Waals surface area contributed by atoms with Gasteiger partial charge in [0.05, 0.1) is 0 Å². The van der Waals surface area contributed by atoms with E-state index < -0.39 is 5.97 Å². The Kier molecular flexibility index (Phi) is 4.58. The highest BCUT2D eigenvalue weighted by Crippen LogP contribution is 2.16. The zero-order chi connectivity index (χ0) is 10.4. The number of carbonyl (C=O) groups excluding carboxylic acids is 1. The molecule has 0 bridgehead atoms. The van der Waals surface area contributed by atoms with Crippen LogP contribution in [0.25, 0.3) is 0 Å². The number of carboxylic acids is 1. The van der Waals surface area contributed by atoms with Crippen LogP contribution in [0, 0.1) is 0 Å². The number of hydrogen-bond acceptors (Lipinski definition) is 3. The van der Waals surface area contributed by atoms with Crippen LogP contribution >= 0.6 is 11.8 Å². The highest BCUT2D eigenvalue weighted by Gasteiger charge is 2.15. The molecule has 5 nitrogen and oxygen atoms in total. The summed E-state index contributed by atoms with van der Waals surface area (Å²) in [7, 11) is 0. The molecule has 0 aromatic rings. The monoisotopic (exact) mass is 218 g/mol. The first kappa shape index (κ1) is 11.2. The fraction of sp³-hybridized carbons (Fsp3) is 0.750. The van der Waals surface area contributed by atoms with E-state index in [0.717, 1.165) is 24.3 Å². The van der Waals surface area contributed by atoms with E-state index in [-0.39, 0.29) is 18.6 Å². The molecule has 80 valence electrons. The Hall–Kier alpha value is -0.910. The van der Waals surface area contributed by atoms with Crippen molar-refractivity contribution in [3.05, 3.63) is 0 Å². The molecule has 1 atom stereocenters. The van der Waals surface area contributed by atoms with E-state index in [2.05, 4.69) is 10.6 Å². The lowest BCUT2D eigenvalue weighted by molar-refractivity contribution is -0.135. The summed E-state index contributed by atoms with van der Waals surface area (Å²) in [5.74, 6) is 1.04. The lowest BCUT2D eigenvalue weighted by atomic mass is 10.2. The predicted molar refractivity (Wildman–Crippen MR) is 54.5 cm³/mol. The number of nitrogens with one attached hydrogen (secondary N) is 2. The van der Waals surface area contributed by atoms with Crippen molar-refractivity contribution in [2.24, 2.45) is 0 Å². The van der Waals surface area contributed by atoms with Gasteiger partial charge in [-0.05, 0) is 18.6 Å². The van der Waals surface area contributed by atoms with Crippen LogP contribution in [0.3, 0.4) is 0 Å². The maximum absolute atomic E-state index is 11.1. The van der Waals surface area contributed by atoms with Gasteiger partial charge in [0.25, 0.3) is 0 Å². The summed E-state index contributed by atoms with van der Waals surface area (Å²) < 4.78 is 0. The van der Waals surface area contributed by atoms with Crippen molar-refractivity contribution in [3.63, 3.8) is 0 Å². The number of rotatable bonds is 3. The molecule has 0 aromatic heterocycles. The minimum absolute atomic E-state index is 0.183. The molecule has 14 heavy (non-hydrogen) atoms. The summed E-state index contributed by atoms with van der Waals surface area (Å²) in [5.41, 5.74) is 0. The average molecular weight is 218 g/mol. The Balaban J connectivity index is 2.15. The van der Waals surface area contributed by atoms with E-state index in [1.807, 2.05) is 11.8 Å². The quantitative estimate of drug-likeness (QED) is 0.635. The van der Waals surface area contributed by atoms with Gasteiger partial charge in [0, 0.05) is 11.8 Å². The molecule has 0 aromatic carbocycles. The fourth-order valence-electron chi connectivity index (χ4n) is 1.25. The van der Waals surface area contributed by atoms with Crippen LogP contribution in [-0.4, -0.2) is 41.2 Å². The minimum Gasteiger partial charge on any atom is -0.480 e. The van der Waals surface area contributed by atoms with Crippen LogP contribution < -0.4 is 10.6 Å². The highest BCUT2D eigenvalue weighted by molar-refractivity contribution is 7.99. The Bertz CT molecular complexity index is 217. The van der Waals surface area contributed by atoms with Crippen LogP contribution in [0.1, 0.15) is 12.8 Å². The molecule has 6 heteroatoms. The van der Waals surface area contributed by atoms with Crippen molar-refractivity contribution < 1.29 is 14.7 Å². The summed E-state index contributed by atoms with van der Waals surface area (Å²) in [6, 6.07) is -0.206. The molecule has 3 N–H and O–H groups in total. The number of thioether (sulfide) groups is 1. The normalized spacial score (nSPS) is 21.3. The molecule has 1 saturated heterocycles. The van der Waals surface area contributed by atoms with Crippen LogP contribution in [0.4, 0.5) is 4.79 Å². The van der Waals surface area contributed by atoms with Crippen LogP contribution in [0.2, 0.25) is 0 Å². The number of carboxylic acid groups (broad SMARTS) is 1. The smallest absolute Gasteiger partial charge is 0.323 e. The van der Waals surface area contributed by atoms with Crippen LogP contribution in [0.15, 0.2) is 0 Å². The first-order chi connectivity index (χ1) is 6.68. The SMILES string of the molecule is O=C(O)CNC(=O)NC1CCCSC1. The molecular formula is C8H14N2O3S. The maximum Gasteiger partial charge on any atom is 0.323 e. The van der Waals surface area contributed by atoms with Gasteiger partial charge in [0.1, 0.15) is 6.54 Å². The van der Waals surface area contributed by atoms with Crippen LogP contribution in [0.5, 0.6) is 0 Å². The summed E-state index contributed by atoms with van der Waals surface area (Å²) in [4.78, 5) is 21.3. The second kappa shape index (κ2) is 5.74. The van der Waals surface area contributed by atoms with Gasteiger partial charge >= 0.3 is 12.0 Å². The lowest BCUT2D eigenvalue weighted by Crippen LogP contribution is -2.45. The second-order valence-electron chi connectivity index (χ2n) is 3.13. The fourth-order valence-corrected chi connectivity index (χ4v) is 2.32. The van der Waals surface area contributed by atoms with Crippen molar-refractivity contribution in [3.8, 4) is 0 Å². The minimum atomic E-state index is -1.03. The van der Waals surface area contributed by atoms with Crippen LogP contribution in [-0.2, 0) is 4.79 Å². The largest absolute Gasteiger partial charge is 0.480 e. The number of urea groups is 1. The van der Waals surface area contributed by atoms with Gasteiger partial charge in [-0.15, -0.1) is 0 Å². The number of amides is 2. The summed E-state index contributed by atoms with van der Waals surface area (Å²) in [6.07, 6.45) is 2.09. The summed E-state index contributed by atoms with van der Waals surface area (Å²) in [5, 5.41) is 13.3. The molecule has 1 heterocycles. The Labute approximate surface area is 86.6 Å². The highest BCUT2D eigenvalue weighted by atomic mass is 32.2. The van der Waals surface area contributed by atoms with E-state index in [0.29, 0.717) is 0 Å². The molecule has 0 aliphatic carbocycles. The Morgan fingerprint density at radius 3 is 2.86 bits per heavy atom. The molecule has 1 aliphatic rings. The van der Waals surface area contributed by atoms with E-state index in [9.17, 15) is 9.59 Å². The van der Waals surface area contributed by atoms with E-state index >= 15 is 0 Å². The van der Waals surface area contributed by atoms with Crippen molar-refractivity contribution in [2.75, 3.05) is 18.1 Å². The van der Waals surface area contributed by atoms with Crippen molar-refractivity contribution in [2.45, 2.75) is 18.9 Å². The Morgan fingerprint density at radius 2 is 2.29 bits per heavy atom. The third-order valence-corrected chi connectivity index (χ3v) is 3.11. The van der Waals surface area contributed by atoms with E-state index in [4.69, 9.17) is 5.11 Å². The third-order valence-electron chi connectivity index (χ3n) is 1.90. The summed E-state index contributed by atoms with van der Waals surface area (Å²) >= 11 is 1.81. The van der Waals surface area contributed by atoms with Crippen molar-refractivity contribution in [1.29, 1.82) is 0 Å². The molecular weight excluding hydrogens is 204 g/mol. The number of hydrogen-bond donors (Lipinski definition) is 3. The van der Waals surface area contributed by atoms with Gasteiger partial charge in [0.2, 0.25) is 0 Å². The molecule has 0 spiro atoms. The average Bonchev–Trinajstić information content (AvgIpc) is 2.16. The number of aliphatic carboxylic acids is 1. The van der Waals surface area contributed by atoms with Gasteiger partial charge in [-0.2, -0.15) is 11.8 Å². The van der Waals surface area contributed by atoms with E-state index in [1.54, 1.807) is 0 Å². The van der Waals surface area contributed by atoms with E-state index in [1.165, 1.54) is 0 Å².